The molecule has 2 unspecified atom stereocenters. The Labute approximate surface area is 212 Å². The minimum atomic E-state index is 0.367. The van der Waals surface area contributed by atoms with Gasteiger partial charge in [-0.25, -0.2) is 0 Å². The Bertz CT molecular complexity index is 836. The fraction of sp³-hybridized carbons (Fsp3) is 0.824. The van der Waals surface area contributed by atoms with E-state index in [-0.39, 0.29) is 0 Å². The monoisotopic (exact) mass is 462 g/mol. The van der Waals surface area contributed by atoms with Gasteiger partial charge < -0.3 is 0 Å². The van der Waals surface area contributed by atoms with Crippen LogP contribution in [0.4, 0.5) is 0 Å². The Morgan fingerprint density at radius 1 is 1.03 bits per heavy atom. The highest BCUT2D eigenvalue weighted by atomic mass is 14.6. The van der Waals surface area contributed by atoms with Crippen LogP contribution in [0.3, 0.4) is 0 Å². The predicted octanol–water partition coefficient (Wildman–Crippen LogP) is 10.2. The van der Waals surface area contributed by atoms with E-state index in [1.54, 1.807) is 16.7 Å². The fourth-order valence-corrected chi connectivity index (χ4v) is 10.3. The second-order valence-corrected chi connectivity index (χ2v) is 14.2. The van der Waals surface area contributed by atoms with Crippen molar-refractivity contribution in [3.8, 4) is 0 Å². The standard InChI is InChI=1S/C34H54/c1-8-33(6,9-2)27-20-23(4)26(21-27)19-24(5)31-14-15-32-30-13-11-25-18-22(3)10-12-28(25)29(30)16-17-34(31,32)7/h20-21,23-25,28-32H,3,8-19H2,1-2,4-7H3/t23?,24-,25-,28+,29-,30-,31?,32+,34-/m1/s1. The van der Waals surface area contributed by atoms with Gasteiger partial charge in [-0.3, -0.25) is 0 Å². The van der Waals surface area contributed by atoms with Crippen molar-refractivity contribution < 1.29 is 0 Å². The second kappa shape index (κ2) is 9.27. The van der Waals surface area contributed by atoms with E-state index in [1.807, 2.05) is 0 Å². The van der Waals surface area contributed by atoms with Gasteiger partial charge in [0.05, 0.1) is 0 Å². The van der Waals surface area contributed by atoms with Crippen molar-refractivity contribution in [2.45, 2.75) is 119 Å². The summed E-state index contributed by atoms with van der Waals surface area (Å²) in [5, 5.41) is 0. The van der Waals surface area contributed by atoms with Gasteiger partial charge in [0, 0.05) is 0 Å². The maximum atomic E-state index is 4.37. The fourth-order valence-electron chi connectivity index (χ4n) is 10.3. The average Bonchev–Trinajstić information content (AvgIpc) is 3.37. The van der Waals surface area contributed by atoms with E-state index in [4.69, 9.17) is 0 Å². The third-order valence-electron chi connectivity index (χ3n) is 12.8. The molecule has 0 aromatic heterocycles. The molecule has 0 radical (unpaired) electrons. The quantitative estimate of drug-likeness (QED) is 0.344. The summed E-state index contributed by atoms with van der Waals surface area (Å²) in [4.78, 5) is 0. The zero-order valence-electron chi connectivity index (χ0n) is 23.5. The van der Waals surface area contributed by atoms with Gasteiger partial charge in [-0.2, -0.15) is 0 Å². The summed E-state index contributed by atoms with van der Waals surface area (Å²) in [6, 6.07) is 0. The molecule has 9 atom stereocenters. The lowest BCUT2D eigenvalue weighted by Gasteiger charge is -2.56. The van der Waals surface area contributed by atoms with Crippen LogP contribution in [0.15, 0.2) is 35.5 Å². The zero-order chi connectivity index (χ0) is 24.3. The molecular formula is C34H54. The lowest BCUT2D eigenvalue weighted by atomic mass is 9.49. The number of hydrogen-bond donors (Lipinski definition) is 0. The van der Waals surface area contributed by atoms with Gasteiger partial charge in [0.1, 0.15) is 0 Å². The van der Waals surface area contributed by atoms with Gasteiger partial charge in [-0.15, -0.1) is 0 Å². The van der Waals surface area contributed by atoms with Gasteiger partial charge >= 0.3 is 0 Å². The predicted molar refractivity (Wildman–Crippen MR) is 148 cm³/mol. The molecule has 0 aromatic rings. The van der Waals surface area contributed by atoms with Crippen LogP contribution in [0.25, 0.3) is 0 Å². The Hall–Kier alpha value is -0.780. The molecule has 34 heavy (non-hydrogen) atoms. The zero-order valence-corrected chi connectivity index (χ0v) is 23.5. The van der Waals surface area contributed by atoms with Crippen LogP contribution in [0.5, 0.6) is 0 Å². The summed E-state index contributed by atoms with van der Waals surface area (Å²) in [6.45, 7) is 19.4. The molecule has 0 heteroatoms. The molecule has 4 fully saturated rings. The van der Waals surface area contributed by atoms with E-state index >= 15 is 0 Å². The SMILES string of the molecule is C=C1CC[C@H]2[C@H](CC[C@@H]3[C@@H]2CC[C@]2(C)C([C@H](C)CC4=CC(C(C)(CC)CC)=CC4C)CC[C@@H]32)C1. The van der Waals surface area contributed by atoms with Crippen molar-refractivity contribution in [3.05, 3.63) is 35.5 Å². The van der Waals surface area contributed by atoms with Crippen molar-refractivity contribution in [1.82, 2.24) is 0 Å². The molecule has 0 aromatic carbocycles. The third-order valence-corrected chi connectivity index (χ3v) is 12.8. The van der Waals surface area contributed by atoms with E-state index in [9.17, 15) is 0 Å². The molecule has 0 amide bonds. The average molecular weight is 463 g/mol. The van der Waals surface area contributed by atoms with Crippen molar-refractivity contribution in [2.75, 3.05) is 0 Å². The van der Waals surface area contributed by atoms with Gasteiger partial charge in [0.15, 0.2) is 0 Å². The Balaban J connectivity index is 1.28. The van der Waals surface area contributed by atoms with Gasteiger partial charge in [0.25, 0.3) is 0 Å². The summed E-state index contributed by atoms with van der Waals surface area (Å²) in [5.74, 6) is 7.52. The molecule has 5 aliphatic carbocycles. The molecule has 0 nitrogen and oxygen atoms in total. The molecule has 5 rings (SSSR count). The van der Waals surface area contributed by atoms with E-state index in [1.165, 1.54) is 77.0 Å². The summed E-state index contributed by atoms with van der Waals surface area (Å²) >= 11 is 0. The molecule has 0 N–H and O–H groups in total. The topological polar surface area (TPSA) is 0 Å². The maximum Gasteiger partial charge on any atom is -0.00423 e. The minimum Gasteiger partial charge on any atom is -0.0999 e. The van der Waals surface area contributed by atoms with Crippen molar-refractivity contribution >= 4 is 0 Å². The molecular weight excluding hydrogens is 408 g/mol. The Morgan fingerprint density at radius 2 is 1.79 bits per heavy atom. The van der Waals surface area contributed by atoms with Gasteiger partial charge in [-0.05, 0) is 141 Å². The number of hydrogen-bond acceptors (Lipinski definition) is 0. The van der Waals surface area contributed by atoms with Crippen LogP contribution < -0.4 is 0 Å². The Morgan fingerprint density at radius 3 is 2.53 bits per heavy atom. The van der Waals surface area contributed by atoms with Crippen LogP contribution >= 0.6 is 0 Å². The highest BCUT2D eigenvalue weighted by Gasteiger charge is 2.57. The minimum absolute atomic E-state index is 0.367. The van der Waals surface area contributed by atoms with E-state index in [2.05, 4.69) is 60.3 Å². The molecule has 5 aliphatic rings. The van der Waals surface area contributed by atoms with E-state index < -0.39 is 0 Å². The first-order valence-electron chi connectivity index (χ1n) is 15.3. The molecule has 0 aliphatic heterocycles. The van der Waals surface area contributed by atoms with E-state index in [0.29, 0.717) is 16.7 Å². The molecule has 4 saturated carbocycles. The molecule has 0 bridgehead atoms. The van der Waals surface area contributed by atoms with Crippen molar-refractivity contribution in [1.29, 1.82) is 0 Å². The summed E-state index contributed by atoms with van der Waals surface area (Å²) < 4.78 is 0. The summed E-state index contributed by atoms with van der Waals surface area (Å²) in [6.07, 6.45) is 22.3. The van der Waals surface area contributed by atoms with Crippen LogP contribution in [-0.4, -0.2) is 0 Å². The van der Waals surface area contributed by atoms with Crippen LogP contribution in [0.1, 0.15) is 119 Å². The molecule has 0 saturated heterocycles. The highest BCUT2D eigenvalue weighted by Crippen LogP contribution is 2.66. The van der Waals surface area contributed by atoms with Crippen LogP contribution in [0.2, 0.25) is 0 Å². The number of allylic oxidation sites excluding steroid dienone is 5. The molecule has 0 spiro atoms. The first-order valence-corrected chi connectivity index (χ1v) is 15.3. The molecule has 190 valence electrons. The first kappa shape index (κ1) is 24.9. The first-order chi connectivity index (χ1) is 16.2. The van der Waals surface area contributed by atoms with Crippen LogP contribution in [0, 0.1) is 58.2 Å². The second-order valence-electron chi connectivity index (χ2n) is 14.2. The van der Waals surface area contributed by atoms with E-state index in [0.717, 1.165) is 41.4 Å². The summed E-state index contributed by atoms with van der Waals surface area (Å²) in [5.41, 5.74) is 5.90. The normalized spacial score (nSPS) is 43.0. The lowest BCUT2D eigenvalue weighted by molar-refractivity contribution is -0.0643. The smallest absolute Gasteiger partial charge is 0.00423 e. The highest BCUT2D eigenvalue weighted by molar-refractivity contribution is 5.39. The maximum absolute atomic E-state index is 4.37. The third kappa shape index (κ3) is 4.02. The number of rotatable bonds is 6. The Kier molecular flexibility index (Phi) is 6.78. The lowest BCUT2D eigenvalue weighted by Crippen LogP contribution is -2.48. The summed E-state index contributed by atoms with van der Waals surface area (Å²) in [7, 11) is 0. The van der Waals surface area contributed by atoms with Crippen LogP contribution in [-0.2, 0) is 0 Å². The number of fused-ring (bicyclic) bond motifs is 5. The van der Waals surface area contributed by atoms with Gasteiger partial charge in [0.2, 0.25) is 0 Å². The molecule has 0 heterocycles. The van der Waals surface area contributed by atoms with Crippen molar-refractivity contribution in [2.24, 2.45) is 58.2 Å². The van der Waals surface area contributed by atoms with Gasteiger partial charge in [-0.1, -0.05) is 71.4 Å². The van der Waals surface area contributed by atoms with Crippen molar-refractivity contribution in [3.63, 3.8) is 0 Å². The largest absolute Gasteiger partial charge is 0.0999 e.